The molecule has 20 heavy (non-hydrogen) atoms. The highest BCUT2D eigenvalue weighted by Crippen LogP contribution is 2.26. The van der Waals surface area contributed by atoms with Gasteiger partial charge in [0.25, 0.3) is 0 Å². The second-order valence-electron chi connectivity index (χ2n) is 4.94. The van der Waals surface area contributed by atoms with Crippen molar-refractivity contribution in [1.82, 2.24) is 0 Å². The maximum Gasteiger partial charge on any atom is 0.546 e. The molecule has 6 nitrogen and oxygen atoms in total. The van der Waals surface area contributed by atoms with E-state index < -0.39 is 36.2 Å². The number of hydrogen-bond donors (Lipinski definition) is 0. The molecule has 1 saturated heterocycles. The van der Waals surface area contributed by atoms with Crippen LogP contribution in [0.15, 0.2) is 24.7 Å². The summed E-state index contributed by atoms with van der Waals surface area (Å²) < 4.78 is 35.3. The van der Waals surface area contributed by atoms with E-state index in [1.54, 1.807) is 13.8 Å². The van der Waals surface area contributed by atoms with Crippen LogP contribution in [0.1, 0.15) is 13.8 Å². The van der Waals surface area contributed by atoms with E-state index in [0.29, 0.717) is 11.5 Å². The summed E-state index contributed by atoms with van der Waals surface area (Å²) in [6.07, 6.45) is 0. The van der Waals surface area contributed by atoms with Crippen molar-refractivity contribution in [2.75, 3.05) is 0 Å². The topological polar surface area (TPSA) is 55.4 Å². The van der Waals surface area contributed by atoms with Crippen molar-refractivity contribution < 1.29 is 25.3 Å². The average Bonchev–Trinajstić information content (AvgIpc) is 2.08. The molecule has 0 N–H and O–H groups in total. The summed E-state index contributed by atoms with van der Waals surface area (Å²) in [4.78, 5) is 0. The predicted molar refractivity (Wildman–Crippen MR) is 85.4 cm³/mol. The molecule has 0 amide bonds. The van der Waals surface area contributed by atoms with Gasteiger partial charge in [0.2, 0.25) is 0 Å². The van der Waals surface area contributed by atoms with E-state index in [2.05, 4.69) is 13.2 Å². The molecule has 0 aromatic carbocycles. The minimum absolute atomic E-state index is 0.540. The number of allylic oxidation sites excluding steroid dienone is 2. The molecule has 1 heterocycles. The lowest BCUT2D eigenvalue weighted by atomic mass is 10.7. The highest BCUT2D eigenvalue weighted by molar-refractivity contribution is 6.82. The molecular weight excluding hydrogens is 328 g/mol. The fourth-order valence-electron chi connectivity index (χ4n) is 2.04. The Morgan fingerprint density at radius 1 is 0.900 bits per heavy atom. The Hall–Kier alpha value is -0.212. The molecule has 0 bridgehead atoms. The molecule has 116 valence electrons. The summed E-state index contributed by atoms with van der Waals surface area (Å²) in [6, 6.07) is 0. The molecule has 0 radical (unpaired) electrons. The summed E-state index contributed by atoms with van der Waals surface area (Å²) in [7, 11) is -9.60. The van der Waals surface area contributed by atoms with Crippen molar-refractivity contribution >= 4 is 36.2 Å². The van der Waals surface area contributed by atoms with Crippen LogP contribution < -0.4 is 0 Å². The molecule has 0 aliphatic carbocycles. The largest absolute Gasteiger partial charge is 0.546 e. The van der Waals surface area contributed by atoms with Gasteiger partial charge in [0.05, 0.1) is 11.5 Å². The summed E-state index contributed by atoms with van der Waals surface area (Å²) in [5.74, 6) is 1.08. The van der Waals surface area contributed by atoms with E-state index in [4.69, 9.17) is 25.3 Å². The Morgan fingerprint density at radius 2 is 1.25 bits per heavy atom. The van der Waals surface area contributed by atoms with Gasteiger partial charge in [0, 0.05) is 13.1 Å². The lowest BCUT2D eigenvalue weighted by Gasteiger charge is -2.40. The summed E-state index contributed by atoms with van der Waals surface area (Å²) in [6.45, 7) is 18.5. The van der Waals surface area contributed by atoms with E-state index >= 15 is 0 Å². The molecular formula is C10H24O6Si4. The smallest absolute Gasteiger partial charge is 0.506 e. The summed E-state index contributed by atoms with van der Waals surface area (Å²) in [5, 5.41) is 0. The van der Waals surface area contributed by atoms with Crippen LogP contribution in [-0.2, 0) is 25.3 Å². The van der Waals surface area contributed by atoms with Gasteiger partial charge in [-0.2, -0.15) is 0 Å². The third-order valence-electron chi connectivity index (χ3n) is 2.23. The van der Waals surface area contributed by atoms with Crippen LogP contribution in [0.5, 0.6) is 0 Å². The van der Waals surface area contributed by atoms with E-state index in [1.807, 2.05) is 26.2 Å². The molecule has 1 aliphatic rings. The van der Waals surface area contributed by atoms with Crippen LogP contribution in [0, 0.1) is 0 Å². The highest BCUT2D eigenvalue weighted by Gasteiger charge is 2.54. The Kier molecular flexibility index (Phi) is 5.98. The van der Waals surface area contributed by atoms with Crippen molar-refractivity contribution in [3.05, 3.63) is 24.7 Å². The van der Waals surface area contributed by atoms with Gasteiger partial charge < -0.3 is 25.3 Å². The first-order valence-corrected chi connectivity index (χ1v) is 15.1. The first kappa shape index (κ1) is 17.8. The third-order valence-corrected chi connectivity index (χ3v) is 15.8. The fraction of sp³-hybridized carbons (Fsp3) is 0.600. The van der Waals surface area contributed by atoms with Crippen LogP contribution in [0.4, 0.5) is 0 Å². The van der Waals surface area contributed by atoms with E-state index in [1.165, 1.54) is 0 Å². The van der Waals surface area contributed by atoms with Crippen molar-refractivity contribution in [3.8, 4) is 0 Å². The Morgan fingerprint density at radius 3 is 1.55 bits per heavy atom. The van der Waals surface area contributed by atoms with Gasteiger partial charge in [-0.3, -0.25) is 0 Å². The van der Waals surface area contributed by atoms with Gasteiger partial charge in [-0.15, -0.1) is 0 Å². The van der Waals surface area contributed by atoms with Crippen LogP contribution >= 0.6 is 0 Å². The maximum absolute atomic E-state index is 6.09. The van der Waals surface area contributed by atoms with Gasteiger partial charge in [0.1, 0.15) is 0 Å². The minimum atomic E-state index is -2.95. The SMILES string of the molecule is C=C(C)O[Si]1(C)O[SiH](C)O[SiH](C)O[Si](C)(OC(=C)C)O1. The molecule has 0 aromatic rings. The Bertz CT molecular complexity index is 360. The van der Waals surface area contributed by atoms with Gasteiger partial charge in [0.15, 0.2) is 0 Å². The molecule has 10 heteroatoms. The van der Waals surface area contributed by atoms with E-state index in [9.17, 15) is 0 Å². The quantitative estimate of drug-likeness (QED) is 0.570. The zero-order chi connectivity index (χ0) is 15.6. The standard InChI is InChI=1S/C10H24O6Si4/c1-9(2)11-19(7)14-17(5)13-18(6)15-20(8,16-19)12-10(3)4/h17-18H,1,3H2,2,4-8H3. The van der Waals surface area contributed by atoms with Gasteiger partial charge in [-0.05, 0) is 26.9 Å². The minimum Gasteiger partial charge on any atom is -0.506 e. The van der Waals surface area contributed by atoms with Crippen molar-refractivity contribution in [2.45, 2.75) is 40.0 Å². The number of hydrogen-bond acceptors (Lipinski definition) is 6. The first-order chi connectivity index (χ1) is 9.03. The molecule has 4 unspecified atom stereocenters. The molecule has 0 saturated carbocycles. The highest BCUT2D eigenvalue weighted by atomic mass is 28.5. The van der Waals surface area contributed by atoms with Crippen molar-refractivity contribution in [2.24, 2.45) is 0 Å². The van der Waals surface area contributed by atoms with Crippen LogP contribution in [0.25, 0.3) is 0 Å². The third kappa shape index (κ3) is 5.65. The van der Waals surface area contributed by atoms with Gasteiger partial charge >= 0.3 is 36.2 Å². The second-order valence-corrected chi connectivity index (χ2v) is 14.9. The normalized spacial score (nSPS) is 38.5. The summed E-state index contributed by atoms with van der Waals surface area (Å²) in [5.41, 5.74) is 0. The van der Waals surface area contributed by atoms with Gasteiger partial charge in [-0.1, -0.05) is 13.2 Å². The van der Waals surface area contributed by atoms with Crippen LogP contribution in [0.3, 0.4) is 0 Å². The maximum atomic E-state index is 6.09. The monoisotopic (exact) mass is 352 g/mol. The molecule has 1 fully saturated rings. The zero-order valence-electron chi connectivity index (χ0n) is 13.0. The van der Waals surface area contributed by atoms with E-state index in [-0.39, 0.29) is 0 Å². The van der Waals surface area contributed by atoms with E-state index in [0.717, 1.165) is 0 Å². The van der Waals surface area contributed by atoms with Crippen molar-refractivity contribution in [1.29, 1.82) is 0 Å². The van der Waals surface area contributed by atoms with Gasteiger partial charge in [-0.25, -0.2) is 0 Å². The molecule has 0 aromatic heterocycles. The average molecular weight is 353 g/mol. The van der Waals surface area contributed by atoms with Crippen molar-refractivity contribution in [3.63, 3.8) is 0 Å². The van der Waals surface area contributed by atoms with Crippen LogP contribution in [-0.4, -0.2) is 36.2 Å². The molecule has 1 aliphatic heterocycles. The molecule has 4 atom stereocenters. The first-order valence-electron chi connectivity index (χ1n) is 6.44. The predicted octanol–water partition coefficient (Wildman–Crippen LogP) is 2.00. The fourth-order valence-corrected chi connectivity index (χ4v) is 16.4. The second kappa shape index (κ2) is 6.70. The molecule has 0 spiro atoms. The molecule has 1 rings (SSSR count). The lowest BCUT2D eigenvalue weighted by Crippen LogP contribution is -2.61. The zero-order valence-corrected chi connectivity index (χ0v) is 17.3. The number of rotatable bonds is 4. The van der Waals surface area contributed by atoms with Crippen LogP contribution in [0.2, 0.25) is 26.2 Å². The summed E-state index contributed by atoms with van der Waals surface area (Å²) >= 11 is 0. The Labute approximate surface area is 126 Å². The Balaban J connectivity index is 3.00. The lowest BCUT2D eigenvalue weighted by molar-refractivity contribution is 0.123.